The van der Waals surface area contributed by atoms with Crippen molar-refractivity contribution in [2.45, 2.75) is 19.3 Å². The molecule has 11 heavy (non-hydrogen) atoms. The SMILES string of the molecule is O=C(O)C12CNCCCC1C2. The highest BCUT2D eigenvalue weighted by Crippen LogP contribution is 2.55. The molecular formula is C8H13NO2. The molecule has 2 rings (SSSR count). The maximum absolute atomic E-state index is 10.8. The summed E-state index contributed by atoms with van der Waals surface area (Å²) in [5.74, 6) is -0.132. The standard InChI is InChI=1S/C8H13NO2/c10-7(11)8-4-6(8)2-1-3-9-5-8/h6,9H,1-5H2,(H,10,11). The minimum Gasteiger partial charge on any atom is -0.481 e. The molecule has 2 atom stereocenters. The van der Waals surface area contributed by atoms with Crippen LogP contribution >= 0.6 is 0 Å². The Morgan fingerprint density at radius 3 is 3.18 bits per heavy atom. The number of rotatable bonds is 1. The average Bonchev–Trinajstić information content (AvgIpc) is 2.57. The Morgan fingerprint density at radius 2 is 2.45 bits per heavy atom. The molecule has 2 unspecified atom stereocenters. The van der Waals surface area contributed by atoms with Gasteiger partial charge in [-0.25, -0.2) is 0 Å². The van der Waals surface area contributed by atoms with Crippen molar-refractivity contribution in [3.63, 3.8) is 0 Å². The number of hydrogen-bond acceptors (Lipinski definition) is 2. The van der Waals surface area contributed by atoms with Crippen LogP contribution in [0.5, 0.6) is 0 Å². The first-order valence-electron chi connectivity index (χ1n) is 4.20. The fourth-order valence-electron chi connectivity index (χ4n) is 2.10. The van der Waals surface area contributed by atoms with Gasteiger partial charge in [0.2, 0.25) is 0 Å². The van der Waals surface area contributed by atoms with Gasteiger partial charge in [-0.15, -0.1) is 0 Å². The van der Waals surface area contributed by atoms with Crippen LogP contribution in [0.2, 0.25) is 0 Å². The first-order chi connectivity index (χ1) is 5.26. The van der Waals surface area contributed by atoms with Crippen molar-refractivity contribution < 1.29 is 9.90 Å². The molecule has 0 aromatic carbocycles. The molecule has 1 aliphatic heterocycles. The van der Waals surface area contributed by atoms with E-state index in [0.717, 1.165) is 25.8 Å². The van der Waals surface area contributed by atoms with E-state index in [1.54, 1.807) is 0 Å². The van der Waals surface area contributed by atoms with Crippen LogP contribution < -0.4 is 5.32 Å². The average molecular weight is 155 g/mol. The highest BCUT2D eigenvalue weighted by molar-refractivity contribution is 5.79. The fourth-order valence-corrected chi connectivity index (χ4v) is 2.10. The molecule has 1 saturated heterocycles. The maximum Gasteiger partial charge on any atom is 0.311 e. The highest BCUT2D eigenvalue weighted by atomic mass is 16.4. The Balaban J connectivity index is 2.10. The molecule has 3 heteroatoms. The van der Waals surface area contributed by atoms with Gasteiger partial charge >= 0.3 is 5.97 Å². The molecule has 1 heterocycles. The fraction of sp³-hybridized carbons (Fsp3) is 0.875. The maximum atomic E-state index is 10.8. The summed E-state index contributed by atoms with van der Waals surface area (Å²) < 4.78 is 0. The van der Waals surface area contributed by atoms with Crippen molar-refractivity contribution in [3.05, 3.63) is 0 Å². The van der Waals surface area contributed by atoms with Crippen molar-refractivity contribution in [2.24, 2.45) is 11.3 Å². The molecule has 1 saturated carbocycles. The van der Waals surface area contributed by atoms with Gasteiger partial charge in [-0.3, -0.25) is 4.79 Å². The number of carbonyl (C=O) groups is 1. The monoisotopic (exact) mass is 155 g/mol. The normalized spacial score (nSPS) is 42.4. The van der Waals surface area contributed by atoms with Crippen molar-refractivity contribution >= 4 is 5.97 Å². The quantitative estimate of drug-likeness (QED) is 0.578. The molecule has 2 fully saturated rings. The third-order valence-corrected chi connectivity index (χ3v) is 3.00. The largest absolute Gasteiger partial charge is 0.481 e. The van der Waals surface area contributed by atoms with Crippen LogP contribution in [0.25, 0.3) is 0 Å². The molecule has 62 valence electrons. The predicted octanol–water partition coefficient (Wildman–Crippen LogP) is 0.461. The van der Waals surface area contributed by atoms with E-state index >= 15 is 0 Å². The van der Waals surface area contributed by atoms with Crippen LogP contribution in [0.15, 0.2) is 0 Å². The second kappa shape index (κ2) is 2.21. The first kappa shape index (κ1) is 7.10. The summed E-state index contributed by atoms with van der Waals surface area (Å²) in [5.41, 5.74) is -0.365. The molecule has 0 bridgehead atoms. The molecule has 1 aliphatic carbocycles. The number of carboxylic acid groups (broad SMARTS) is 1. The van der Waals surface area contributed by atoms with E-state index in [9.17, 15) is 4.79 Å². The first-order valence-corrected chi connectivity index (χ1v) is 4.20. The summed E-state index contributed by atoms with van der Waals surface area (Å²) in [6.07, 6.45) is 3.13. The third-order valence-electron chi connectivity index (χ3n) is 3.00. The van der Waals surface area contributed by atoms with Crippen molar-refractivity contribution in [1.82, 2.24) is 5.32 Å². The lowest BCUT2D eigenvalue weighted by atomic mass is 10.0. The van der Waals surface area contributed by atoms with Crippen molar-refractivity contribution in [3.8, 4) is 0 Å². The molecule has 0 amide bonds. The van der Waals surface area contributed by atoms with Gasteiger partial charge in [-0.05, 0) is 31.7 Å². The minimum absolute atomic E-state index is 0.365. The number of nitrogens with one attached hydrogen (secondary N) is 1. The Bertz CT molecular complexity index is 193. The van der Waals surface area contributed by atoms with E-state index in [1.807, 2.05) is 0 Å². The number of fused-ring (bicyclic) bond motifs is 1. The molecule has 0 aromatic heterocycles. The Hall–Kier alpha value is -0.570. The van der Waals surface area contributed by atoms with Crippen LogP contribution in [-0.2, 0) is 4.79 Å². The Morgan fingerprint density at radius 1 is 1.64 bits per heavy atom. The van der Waals surface area contributed by atoms with E-state index in [0.29, 0.717) is 12.5 Å². The summed E-state index contributed by atoms with van der Waals surface area (Å²) in [6, 6.07) is 0. The zero-order chi connectivity index (χ0) is 7.90. The third kappa shape index (κ3) is 0.948. The van der Waals surface area contributed by atoms with E-state index < -0.39 is 5.97 Å². The van der Waals surface area contributed by atoms with Crippen LogP contribution in [0.1, 0.15) is 19.3 Å². The molecule has 2 aliphatic rings. The predicted molar refractivity (Wildman–Crippen MR) is 40.3 cm³/mol. The molecule has 2 N–H and O–H groups in total. The van der Waals surface area contributed by atoms with Gasteiger partial charge in [0.25, 0.3) is 0 Å². The topological polar surface area (TPSA) is 49.3 Å². The van der Waals surface area contributed by atoms with Gasteiger partial charge in [0.15, 0.2) is 0 Å². The van der Waals surface area contributed by atoms with Gasteiger partial charge in [-0.1, -0.05) is 0 Å². The highest BCUT2D eigenvalue weighted by Gasteiger charge is 2.59. The summed E-state index contributed by atoms with van der Waals surface area (Å²) >= 11 is 0. The smallest absolute Gasteiger partial charge is 0.311 e. The zero-order valence-corrected chi connectivity index (χ0v) is 6.47. The number of hydrogen-bond donors (Lipinski definition) is 2. The lowest BCUT2D eigenvalue weighted by Gasteiger charge is -2.08. The van der Waals surface area contributed by atoms with Crippen LogP contribution in [0.4, 0.5) is 0 Å². The van der Waals surface area contributed by atoms with Gasteiger partial charge in [0.05, 0.1) is 5.41 Å². The second-order valence-corrected chi connectivity index (χ2v) is 3.68. The number of carboxylic acids is 1. The molecule has 0 radical (unpaired) electrons. The van der Waals surface area contributed by atoms with Crippen LogP contribution in [0.3, 0.4) is 0 Å². The van der Waals surface area contributed by atoms with Gasteiger partial charge in [0.1, 0.15) is 0 Å². The lowest BCUT2D eigenvalue weighted by molar-refractivity contribution is -0.143. The molecule has 0 aromatic rings. The summed E-state index contributed by atoms with van der Waals surface area (Å²) in [5, 5.41) is 12.1. The van der Waals surface area contributed by atoms with E-state index in [-0.39, 0.29) is 5.41 Å². The van der Waals surface area contributed by atoms with Crippen LogP contribution in [0, 0.1) is 11.3 Å². The minimum atomic E-state index is -0.600. The van der Waals surface area contributed by atoms with Gasteiger partial charge in [-0.2, -0.15) is 0 Å². The summed E-state index contributed by atoms with van der Waals surface area (Å²) in [4.78, 5) is 10.8. The summed E-state index contributed by atoms with van der Waals surface area (Å²) in [7, 11) is 0. The molecule has 3 nitrogen and oxygen atoms in total. The van der Waals surface area contributed by atoms with E-state index in [4.69, 9.17) is 5.11 Å². The Kier molecular flexibility index (Phi) is 1.42. The van der Waals surface area contributed by atoms with E-state index in [2.05, 4.69) is 5.32 Å². The lowest BCUT2D eigenvalue weighted by Crippen LogP contribution is -2.30. The molecule has 0 spiro atoms. The second-order valence-electron chi connectivity index (χ2n) is 3.68. The number of aliphatic carboxylic acids is 1. The van der Waals surface area contributed by atoms with Gasteiger partial charge in [0, 0.05) is 6.54 Å². The van der Waals surface area contributed by atoms with Crippen molar-refractivity contribution in [2.75, 3.05) is 13.1 Å². The van der Waals surface area contributed by atoms with Crippen LogP contribution in [-0.4, -0.2) is 24.2 Å². The van der Waals surface area contributed by atoms with Gasteiger partial charge < -0.3 is 10.4 Å². The molecular weight excluding hydrogens is 142 g/mol. The van der Waals surface area contributed by atoms with Crippen molar-refractivity contribution in [1.29, 1.82) is 0 Å². The Labute approximate surface area is 65.8 Å². The summed E-state index contributed by atoms with van der Waals surface area (Å²) in [6.45, 7) is 1.68. The zero-order valence-electron chi connectivity index (χ0n) is 6.47. The van der Waals surface area contributed by atoms with E-state index in [1.165, 1.54) is 0 Å².